The normalized spacial score (nSPS) is 15.3. The van der Waals surface area contributed by atoms with Gasteiger partial charge in [0.1, 0.15) is 18.8 Å². The zero-order valence-electron chi connectivity index (χ0n) is 15.4. The molecule has 26 heavy (non-hydrogen) atoms. The smallest absolute Gasteiger partial charge is 0.241 e. The van der Waals surface area contributed by atoms with Crippen molar-refractivity contribution in [3.8, 4) is 17.1 Å². The monoisotopic (exact) mass is 348 g/mol. The molecule has 0 atom stereocenters. The van der Waals surface area contributed by atoms with Crippen molar-refractivity contribution < 1.29 is 9.64 Å². The minimum Gasteiger partial charge on any atom is -0.470 e. The topological polar surface area (TPSA) is 39.5 Å². The molecule has 0 saturated carbocycles. The summed E-state index contributed by atoms with van der Waals surface area (Å²) in [5.74, 6) is 0.646. The number of piperidine rings is 1. The van der Waals surface area contributed by atoms with Crippen LogP contribution in [0.15, 0.2) is 48.5 Å². The Morgan fingerprint density at radius 2 is 1.62 bits per heavy atom. The second-order valence-corrected chi connectivity index (χ2v) is 7.17. The lowest BCUT2D eigenvalue weighted by atomic mass is 10.0. The Morgan fingerprint density at radius 3 is 2.38 bits per heavy atom. The minimum atomic E-state index is 0.646. The van der Waals surface area contributed by atoms with Gasteiger partial charge in [0, 0.05) is 16.3 Å². The fourth-order valence-electron chi connectivity index (χ4n) is 3.70. The van der Waals surface area contributed by atoms with Crippen LogP contribution in [0.25, 0.3) is 22.0 Å². The van der Waals surface area contributed by atoms with Crippen LogP contribution in [0.1, 0.15) is 24.8 Å². The summed E-state index contributed by atoms with van der Waals surface area (Å²) in [6.07, 6.45) is 4.05. The average Bonchev–Trinajstić information content (AvgIpc) is 2.70. The van der Waals surface area contributed by atoms with E-state index in [0.717, 1.165) is 28.6 Å². The highest BCUT2D eigenvalue weighted by Crippen LogP contribution is 2.30. The summed E-state index contributed by atoms with van der Waals surface area (Å²) in [6, 6.07) is 16.7. The number of aromatic nitrogens is 2. The number of rotatable bonds is 5. The molecule has 4 heteroatoms. The van der Waals surface area contributed by atoms with Gasteiger partial charge in [-0.25, -0.2) is 0 Å². The number of fused-ring (bicyclic) bond motifs is 1. The Morgan fingerprint density at radius 1 is 0.885 bits per heavy atom. The molecular formula is C22H26N3O+. The van der Waals surface area contributed by atoms with E-state index in [9.17, 15) is 0 Å². The number of hydrogen-bond donors (Lipinski definition) is 1. The lowest BCUT2D eigenvalue weighted by Gasteiger charge is -2.23. The van der Waals surface area contributed by atoms with Crippen molar-refractivity contribution in [2.75, 3.05) is 26.2 Å². The van der Waals surface area contributed by atoms with Gasteiger partial charge in [0.15, 0.2) is 0 Å². The zero-order valence-corrected chi connectivity index (χ0v) is 15.4. The van der Waals surface area contributed by atoms with E-state index < -0.39 is 0 Å². The van der Waals surface area contributed by atoms with Gasteiger partial charge in [-0.05, 0) is 32.3 Å². The Bertz CT molecular complexity index is 870. The molecule has 0 aliphatic carbocycles. The number of ether oxygens (including phenoxy) is 1. The maximum Gasteiger partial charge on any atom is 0.241 e. The summed E-state index contributed by atoms with van der Waals surface area (Å²) in [7, 11) is 0. The van der Waals surface area contributed by atoms with Gasteiger partial charge in [0.05, 0.1) is 13.1 Å². The summed E-state index contributed by atoms with van der Waals surface area (Å²) in [6.45, 7) is 6.35. The predicted molar refractivity (Wildman–Crippen MR) is 105 cm³/mol. The number of quaternary nitrogens is 1. The van der Waals surface area contributed by atoms with Crippen molar-refractivity contribution in [2.24, 2.45) is 0 Å². The summed E-state index contributed by atoms with van der Waals surface area (Å²) < 4.78 is 6.04. The summed E-state index contributed by atoms with van der Waals surface area (Å²) in [5, 5.41) is 11.0. The molecule has 0 spiro atoms. The Kier molecular flexibility index (Phi) is 5.12. The molecule has 0 amide bonds. The lowest BCUT2D eigenvalue weighted by Crippen LogP contribution is -3.13. The van der Waals surface area contributed by atoms with Crippen LogP contribution >= 0.6 is 0 Å². The van der Waals surface area contributed by atoms with Gasteiger partial charge in [-0.2, -0.15) is 0 Å². The van der Waals surface area contributed by atoms with Crippen molar-refractivity contribution in [1.29, 1.82) is 0 Å². The van der Waals surface area contributed by atoms with Gasteiger partial charge >= 0.3 is 0 Å². The van der Waals surface area contributed by atoms with Crippen LogP contribution in [0, 0.1) is 6.92 Å². The van der Waals surface area contributed by atoms with E-state index in [-0.39, 0.29) is 0 Å². The molecule has 1 aliphatic rings. The molecule has 0 radical (unpaired) electrons. The minimum absolute atomic E-state index is 0.646. The van der Waals surface area contributed by atoms with Crippen molar-refractivity contribution >= 4 is 10.8 Å². The fraction of sp³-hybridized carbons (Fsp3) is 0.364. The molecular weight excluding hydrogens is 322 g/mol. The summed E-state index contributed by atoms with van der Waals surface area (Å²) >= 11 is 0. The SMILES string of the molecule is Cc1ccc(-c2nnc(OCC[NH+]3CCCCC3)c3ccccc23)cc1. The molecule has 0 bridgehead atoms. The largest absolute Gasteiger partial charge is 0.470 e. The van der Waals surface area contributed by atoms with Crippen LogP contribution in [0.2, 0.25) is 0 Å². The van der Waals surface area contributed by atoms with E-state index in [4.69, 9.17) is 4.74 Å². The highest BCUT2D eigenvalue weighted by atomic mass is 16.5. The van der Waals surface area contributed by atoms with E-state index in [1.165, 1.54) is 37.9 Å². The number of likely N-dealkylation sites (tertiary alicyclic amines) is 1. The first-order chi connectivity index (χ1) is 12.8. The Balaban J connectivity index is 1.56. The molecule has 4 rings (SSSR count). The van der Waals surface area contributed by atoms with Gasteiger partial charge in [0.25, 0.3) is 0 Å². The lowest BCUT2D eigenvalue weighted by molar-refractivity contribution is -0.904. The maximum atomic E-state index is 6.04. The quantitative estimate of drug-likeness (QED) is 0.770. The van der Waals surface area contributed by atoms with Crippen LogP contribution < -0.4 is 9.64 Å². The van der Waals surface area contributed by atoms with Crippen molar-refractivity contribution in [2.45, 2.75) is 26.2 Å². The number of nitrogens with one attached hydrogen (secondary N) is 1. The average molecular weight is 348 g/mol. The standard InChI is InChI=1S/C22H25N3O/c1-17-9-11-18(12-10-17)21-19-7-3-4-8-20(19)22(24-23-21)26-16-15-25-13-5-2-6-14-25/h3-4,7-12H,2,5-6,13-16H2,1H3/p+1. The van der Waals surface area contributed by atoms with Crippen molar-refractivity contribution in [3.05, 3.63) is 54.1 Å². The Hall–Kier alpha value is -2.46. The molecule has 134 valence electrons. The third-order valence-corrected chi connectivity index (χ3v) is 5.23. The second kappa shape index (κ2) is 7.83. The van der Waals surface area contributed by atoms with Gasteiger partial charge < -0.3 is 9.64 Å². The molecule has 1 N–H and O–H groups in total. The highest BCUT2D eigenvalue weighted by molar-refractivity contribution is 5.96. The molecule has 1 aliphatic heterocycles. The zero-order chi connectivity index (χ0) is 17.8. The van der Waals surface area contributed by atoms with E-state index in [0.29, 0.717) is 12.5 Å². The molecule has 2 aromatic carbocycles. The van der Waals surface area contributed by atoms with Crippen LogP contribution in [0.5, 0.6) is 5.88 Å². The maximum absolute atomic E-state index is 6.04. The van der Waals surface area contributed by atoms with Crippen LogP contribution in [0.4, 0.5) is 0 Å². The molecule has 1 saturated heterocycles. The molecule has 4 nitrogen and oxygen atoms in total. The molecule has 1 fully saturated rings. The van der Waals surface area contributed by atoms with Gasteiger partial charge in [-0.15, -0.1) is 10.2 Å². The van der Waals surface area contributed by atoms with Crippen LogP contribution in [-0.2, 0) is 0 Å². The fourth-order valence-corrected chi connectivity index (χ4v) is 3.70. The highest BCUT2D eigenvalue weighted by Gasteiger charge is 2.15. The third kappa shape index (κ3) is 3.70. The summed E-state index contributed by atoms with van der Waals surface area (Å²) in [4.78, 5) is 1.64. The van der Waals surface area contributed by atoms with Crippen molar-refractivity contribution in [1.82, 2.24) is 10.2 Å². The van der Waals surface area contributed by atoms with Crippen LogP contribution in [0.3, 0.4) is 0 Å². The van der Waals surface area contributed by atoms with Crippen LogP contribution in [-0.4, -0.2) is 36.4 Å². The third-order valence-electron chi connectivity index (χ3n) is 5.23. The molecule has 0 unspecified atom stereocenters. The molecule has 2 heterocycles. The van der Waals surface area contributed by atoms with E-state index in [1.54, 1.807) is 4.90 Å². The van der Waals surface area contributed by atoms with Gasteiger partial charge in [0.2, 0.25) is 5.88 Å². The van der Waals surface area contributed by atoms with Crippen molar-refractivity contribution in [3.63, 3.8) is 0 Å². The first-order valence-corrected chi connectivity index (χ1v) is 9.60. The van der Waals surface area contributed by atoms with Gasteiger partial charge in [-0.1, -0.05) is 48.0 Å². The number of aryl methyl sites for hydroxylation is 1. The summed E-state index contributed by atoms with van der Waals surface area (Å²) in [5.41, 5.74) is 3.24. The first kappa shape index (κ1) is 17.0. The first-order valence-electron chi connectivity index (χ1n) is 9.60. The molecule has 1 aromatic heterocycles. The second-order valence-electron chi connectivity index (χ2n) is 7.17. The molecule has 3 aromatic rings. The number of benzene rings is 2. The number of nitrogens with zero attached hydrogens (tertiary/aromatic N) is 2. The number of hydrogen-bond acceptors (Lipinski definition) is 3. The van der Waals surface area contributed by atoms with Gasteiger partial charge in [-0.3, -0.25) is 0 Å². The Labute approximate surface area is 154 Å². The predicted octanol–water partition coefficient (Wildman–Crippen LogP) is 3.05. The van der Waals surface area contributed by atoms with E-state index >= 15 is 0 Å². The van der Waals surface area contributed by atoms with E-state index in [1.807, 2.05) is 12.1 Å². The van der Waals surface area contributed by atoms with E-state index in [2.05, 4.69) is 53.5 Å².